The summed E-state index contributed by atoms with van der Waals surface area (Å²) in [5.41, 5.74) is 1.14. The van der Waals surface area contributed by atoms with Gasteiger partial charge in [-0.05, 0) is 30.8 Å². The van der Waals surface area contributed by atoms with E-state index in [1.54, 1.807) is 0 Å². The maximum Gasteiger partial charge on any atom is 0.275 e. The minimum Gasteiger partial charge on any atom is -0.285 e. The molecule has 35 heavy (non-hydrogen) atoms. The molecule has 0 amide bonds. The first-order valence-electron chi connectivity index (χ1n) is 13.3. The van der Waals surface area contributed by atoms with E-state index < -0.39 is 15.4 Å². The van der Waals surface area contributed by atoms with Crippen LogP contribution in [0.4, 0.5) is 0 Å². The highest BCUT2D eigenvalue weighted by Gasteiger charge is 2.29. The first-order chi connectivity index (χ1) is 16.9. The Hall–Kier alpha value is -1.84. The van der Waals surface area contributed by atoms with Crippen LogP contribution in [0.1, 0.15) is 114 Å². The average molecular weight is 521 g/mol. The molecule has 2 aromatic heterocycles. The molecule has 194 valence electrons. The van der Waals surface area contributed by atoms with Crippen LogP contribution in [0, 0.1) is 4.77 Å². The van der Waals surface area contributed by atoms with Gasteiger partial charge < -0.3 is 0 Å². The van der Waals surface area contributed by atoms with Gasteiger partial charge >= 0.3 is 0 Å². The molecule has 3 rings (SSSR count). The summed E-state index contributed by atoms with van der Waals surface area (Å²) in [4.78, 5) is 8.92. The molecule has 1 unspecified atom stereocenters. The van der Waals surface area contributed by atoms with Crippen LogP contribution in [0.5, 0.6) is 0 Å². The smallest absolute Gasteiger partial charge is 0.275 e. The van der Waals surface area contributed by atoms with Gasteiger partial charge in [-0.3, -0.25) is 9.65 Å². The van der Waals surface area contributed by atoms with E-state index in [4.69, 9.17) is 12.2 Å². The summed E-state index contributed by atoms with van der Waals surface area (Å²) >= 11 is 5.19. The highest BCUT2D eigenvalue weighted by molar-refractivity contribution is 7.86. The van der Waals surface area contributed by atoms with Gasteiger partial charge in [-0.2, -0.15) is 13.4 Å². The SMILES string of the molecule is CCCCCCCCCCCCCCCCC(c1nc2ccccc2c2nc(=S)[nH]n12)S(=O)(=O)O. The van der Waals surface area contributed by atoms with Crippen molar-refractivity contribution in [3.8, 4) is 0 Å². The summed E-state index contributed by atoms with van der Waals surface area (Å²) < 4.78 is 36.4. The molecule has 9 heteroatoms. The third-order valence-corrected chi connectivity index (χ3v) is 8.05. The summed E-state index contributed by atoms with van der Waals surface area (Å²) in [5.74, 6) is 0.222. The highest BCUT2D eigenvalue weighted by Crippen LogP contribution is 2.29. The number of H-pyrrole nitrogens is 1. The summed E-state index contributed by atoms with van der Waals surface area (Å²) in [6.07, 6.45) is 17.5. The molecule has 7 nitrogen and oxygen atoms in total. The van der Waals surface area contributed by atoms with Crippen molar-refractivity contribution in [1.29, 1.82) is 0 Å². The molecular formula is C26H40N4O3S2. The molecule has 0 aliphatic heterocycles. The Labute approximate surface area is 214 Å². The molecule has 1 aromatic carbocycles. The number of rotatable bonds is 17. The number of para-hydroxylation sites is 1. The predicted molar refractivity (Wildman–Crippen MR) is 145 cm³/mol. The van der Waals surface area contributed by atoms with E-state index in [9.17, 15) is 13.0 Å². The van der Waals surface area contributed by atoms with Crippen LogP contribution in [-0.2, 0) is 10.1 Å². The number of aromatic nitrogens is 4. The molecule has 0 aliphatic carbocycles. The van der Waals surface area contributed by atoms with Crippen LogP contribution in [0.25, 0.3) is 16.6 Å². The molecule has 0 saturated carbocycles. The average Bonchev–Trinajstić information content (AvgIpc) is 3.22. The molecule has 0 aliphatic rings. The topological polar surface area (TPSA) is 100 Å². The Balaban J connectivity index is 1.47. The fraction of sp³-hybridized carbons (Fsp3) is 0.654. The van der Waals surface area contributed by atoms with E-state index in [-0.39, 0.29) is 10.6 Å². The van der Waals surface area contributed by atoms with Gasteiger partial charge in [-0.1, -0.05) is 109 Å². The van der Waals surface area contributed by atoms with Crippen molar-refractivity contribution in [1.82, 2.24) is 19.6 Å². The number of nitrogens with zero attached hydrogens (tertiary/aromatic N) is 3. The lowest BCUT2D eigenvalue weighted by molar-refractivity contribution is 0.452. The highest BCUT2D eigenvalue weighted by atomic mass is 32.2. The Kier molecular flexibility index (Phi) is 11.1. The lowest BCUT2D eigenvalue weighted by Crippen LogP contribution is -2.18. The largest absolute Gasteiger partial charge is 0.285 e. The third-order valence-electron chi connectivity index (χ3n) is 6.70. The lowest BCUT2D eigenvalue weighted by atomic mass is 10.0. The second-order valence-electron chi connectivity index (χ2n) is 9.56. The number of hydrogen-bond donors (Lipinski definition) is 2. The molecule has 3 aromatic rings. The van der Waals surface area contributed by atoms with Gasteiger partial charge in [0.05, 0.1) is 5.52 Å². The number of hydrogen-bond acceptors (Lipinski definition) is 5. The van der Waals surface area contributed by atoms with E-state index in [0.717, 1.165) is 18.2 Å². The molecule has 2 N–H and O–H groups in total. The fourth-order valence-corrected chi connectivity index (χ4v) is 5.82. The molecule has 0 radical (unpaired) electrons. The summed E-state index contributed by atoms with van der Waals surface area (Å²) in [6.45, 7) is 2.25. The monoisotopic (exact) mass is 520 g/mol. The minimum absolute atomic E-state index is 0.222. The fourth-order valence-electron chi connectivity index (χ4n) is 4.75. The Morgan fingerprint density at radius 1 is 0.886 bits per heavy atom. The normalized spacial score (nSPS) is 13.1. The van der Waals surface area contributed by atoms with Crippen molar-refractivity contribution in [3.05, 3.63) is 34.9 Å². The predicted octanol–water partition coefficient (Wildman–Crippen LogP) is 7.74. The van der Waals surface area contributed by atoms with Gasteiger partial charge in [-0.25, -0.2) is 9.50 Å². The van der Waals surface area contributed by atoms with Crippen LogP contribution in [0.15, 0.2) is 24.3 Å². The number of aromatic amines is 1. The quantitative estimate of drug-likeness (QED) is 0.107. The van der Waals surface area contributed by atoms with Gasteiger partial charge in [0, 0.05) is 5.39 Å². The summed E-state index contributed by atoms with van der Waals surface area (Å²) in [7, 11) is -4.35. The first-order valence-corrected chi connectivity index (χ1v) is 15.2. The van der Waals surface area contributed by atoms with Crippen molar-refractivity contribution in [2.75, 3.05) is 0 Å². The zero-order chi connectivity index (χ0) is 25.1. The van der Waals surface area contributed by atoms with Crippen LogP contribution in [0.2, 0.25) is 0 Å². The number of benzene rings is 1. The molecule has 0 spiro atoms. The summed E-state index contributed by atoms with van der Waals surface area (Å²) in [6, 6.07) is 7.39. The van der Waals surface area contributed by atoms with Gasteiger partial charge in [0.1, 0.15) is 5.25 Å². The Morgan fingerprint density at radius 3 is 2.00 bits per heavy atom. The summed E-state index contributed by atoms with van der Waals surface area (Å²) in [5, 5.41) is 2.55. The molecule has 1 atom stereocenters. The van der Waals surface area contributed by atoms with E-state index in [1.807, 2.05) is 24.3 Å². The van der Waals surface area contributed by atoms with Crippen molar-refractivity contribution in [2.45, 2.75) is 108 Å². The number of nitrogens with one attached hydrogen (secondary N) is 1. The molecule has 0 saturated heterocycles. The van der Waals surface area contributed by atoms with E-state index >= 15 is 0 Å². The Bertz CT molecular complexity index is 1220. The van der Waals surface area contributed by atoms with Crippen LogP contribution < -0.4 is 0 Å². The van der Waals surface area contributed by atoms with Crippen LogP contribution >= 0.6 is 12.2 Å². The first kappa shape index (κ1) is 27.7. The van der Waals surface area contributed by atoms with Crippen molar-refractivity contribution < 1.29 is 13.0 Å². The van der Waals surface area contributed by atoms with Gasteiger partial charge in [0.15, 0.2) is 11.5 Å². The van der Waals surface area contributed by atoms with E-state index in [0.29, 0.717) is 24.0 Å². The Morgan fingerprint density at radius 2 is 1.43 bits per heavy atom. The van der Waals surface area contributed by atoms with Crippen LogP contribution in [0.3, 0.4) is 0 Å². The van der Waals surface area contributed by atoms with Crippen molar-refractivity contribution in [2.24, 2.45) is 0 Å². The van der Waals surface area contributed by atoms with Gasteiger partial charge in [0.2, 0.25) is 4.77 Å². The van der Waals surface area contributed by atoms with Crippen LogP contribution in [-0.4, -0.2) is 32.6 Å². The zero-order valence-corrected chi connectivity index (χ0v) is 22.5. The molecular weight excluding hydrogens is 480 g/mol. The second kappa shape index (κ2) is 14.0. The van der Waals surface area contributed by atoms with Gasteiger partial charge in [-0.15, -0.1) is 0 Å². The van der Waals surface area contributed by atoms with Crippen molar-refractivity contribution in [3.63, 3.8) is 0 Å². The molecule has 2 heterocycles. The number of unbranched alkanes of at least 4 members (excludes halogenated alkanes) is 13. The number of fused-ring (bicyclic) bond motifs is 3. The molecule has 0 bridgehead atoms. The van der Waals surface area contributed by atoms with Crippen molar-refractivity contribution >= 4 is 38.9 Å². The maximum absolute atomic E-state index is 12.3. The van der Waals surface area contributed by atoms with E-state index in [2.05, 4.69) is 22.0 Å². The molecule has 0 fully saturated rings. The zero-order valence-electron chi connectivity index (χ0n) is 20.9. The standard InChI is InChI=1S/C26H40N4O3S2/c1-2-3-4-5-6-7-8-9-10-11-12-13-14-15-20-23(35(31,32)33)25-27-22-19-17-16-18-21(22)24-28-26(34)29-30(24)25/h16-19,23H,2-15,20H2,1H3,(H,29,34)(H,31,32,33). The van der Waals surface area contributed by atoms with Gasteiger partial charge in [0.25, 0.3) is 10.1 Å². The second-order valence-corrected chi connectivity index (χ2v) is 11.5. The minimum atomic E-state index is -4.35. The maximum atomic E-state index is 12.3. The lowest BCUT2D eigenvalue weighted by Gasteiger charge is -2.16. The third kappa shape index (κ3) is 8.36. The van der Waals surface area contributed by atoms with E-state index in [1.165, 1.54) is 75.1 Å².